The van der Waals surface area contributed by atoms with Crippen molar-refractivity contribution in [2.24, 2.45) is 5.92 Å². The van der Waals surface area contributed by atoms with Crippen LogP contribution in [-0.4, -0.2) is 19.1 Å². The van der Waals surface area contributed by atoms with E-state index in [1.807, 2.05) is 0 Å². The summed E-state index contributed by atoms with van der Waals surface area (Å²) in [6, 6.07) is 7.09. The molecule has 0 radical (unpaired) electrons. The molecule has 2 atom stereocenters. The Morgan fingerprint density at radius 2 is 2.17 bits per heavy atom. The molecule has 2 unspecified atom stereocenters. The van der Waals surface area contributed by atoms with Gasteiger partial charge in [-0.3, -0.25) is 0 Å². The Balaban J connectivity index is 2.13. The molecule has 1 N–H and O–H groups in total. The molecule has 18 heavy (non-hydrogen) atoms. The zero-order valence-electron chi connectivity index (χ0n) is 11.5. The van der Waals surface area contributed by atoms with E-state index in [9.17, 15) is 0 Å². The molecule has 0 spiro atoms. The van der Waals surface area contributed by atoms with Crippen LogP contribution in [0.4, 0.5) is 5.69 Å². The summed E-state index contributed by atoms with van der Waals surface area (Å²) in [5.74, 6) is 0.778. The number of benzene rings is 1. The van der Waals surface area contributed by atoms with Gasteiger partial charge in [-0.2, -0.15) is 0 Å². The van der Waals surface area contributed by atoms with Crippen LogP contribution >= 0.6 is 11.6 Å². The minimum Gasteiger partial charge on any atom is -0.369 e. The quantitative estimate of drug-likeness (QED) is 0.894. The average molecular weight is 267 g/mol. The van der Waals surface area contributed by atoms with Gasteiger partial charge in [0.15, 0.2) is 0 Å². The number of rotatable bonds is 4. The normalized spacial score (nSPS) is 23.7. The molecule has 0 aromatic heterocycles. The van der Waals surface area contributed by atoms with Gasteiger partial charge in [0.05, 0.1) is 0 Å². The van der Waals surface area contributed by atoms with Crippen LogP contribution in [0.5, 0.6) is 0 Å². The van der Waals surface area contributed by atoms with E-state index in [1.54, 1.807) is 0 Å². The lowest BCUT2D eigenvalue weighted by Crippen LogP contribution is -2.26. The highest BCUT2D eigenvalue weighted by Crippen LogP contribution is 2.31. The van der Waals surface area contributed by atoms with E-state index in [0.29, 0.717) is 6.04 Å². The van der Waals surface area contributed by atoms with Gasteiger partial charge in [0.2, 0.25) is 0 Å². The highest BCUT2D eigenvalue weighted by molar-refractivity contribution is 6.31. The van der Waals surface area contributed by atoms with Crippen molar-refractivity contribution < 1.29 is 0 Å². The zero-order valence-corrected chi connectivity index (χ0v) is 12.3. The molecular weight excluding hydrogens is 244 g/mol. The van der Waals surface area contributed by atoms with Crippen molar-refractivity contribution in [3.63, 3.8) is 0 Å². The molecule has 100 valence electrons. The van der Waals surface area contributed by atoms with Crippen LogP contribution in [0.25, 0.3) is 0 Å². The molecule has 2 rings (SSSR count). The third-order valence-electron chi connectivity index (χ3n) is 3.72. The SMILES string of the molecule is CCNCc1ccc(N2CC(C)CC2C)cc1Cl. The first-order valence-electron chi connectivity index (χ1n) is 6.87. The second-order valence-corrected chi connectivity index (χ2v) is 5.81. The molecule has 1 aliphatic rings. The second kappa shape index (κ2) is 5.94. The fourth-order valence-electron chi connectivity index (χ4n) is 2.78. The number of anilines is 1. The van der Waals surface area contributed by atoms with Gasteiger partial charge in [0.25, 0.3) is 0 Å². The maximum absolute atomic E-state index is 6.36. The first kappa shape index (κ1) is 13.7. The molecule has 1 saturated heterocycles. The van der Waals surface area contributed by atoms with Gasteiger partial charge in [-0.05, 0) is 43.5 Å². The molecule has 1 aliphatic heterocycles. The van der Waals surface area contributed by atoms with Crippen LogP contribution in [-0.2, 0) is 6.54 Å². The topological polar surface area (TPSA) is 15.3 Å². The van der Waals surface area contributed by atoms with Crippen molar-refractivity contribution in [1.29, 1.82) is 0 Å². The van der Waals surface area contributed by atoms with Crippen LogP contribution in [0.3, 0.4) is 0 Å². The van der Waals surface area contributed by atoms with Crippen LogP contribution in [0.1, 0.15) is 32.8 Å². The Labute approximate surface area is 115 Å². The Morgan fingerprint density at radius 3 is 2.72 bits per heavy atom. The van der Waals surface area contributed by atoms with Crippen LogP contribution in [0.2, 0.25) is 5.02 Å². The number of nitrogens with one attached hydrogen (secondary N) is 1. The molecule has 1 aromatic rings. The Bertz CT molecular complexity index is 405. The molecule has 0 amide bonds. The predicted molar refractivity (Wildman–Crippen MR) is 79.4 cm³/mol. The van der Waals surface area contributed by atoms with E-state index in [0.717, 1.165) is 30.6 Å². The lowest BCUT2D eigenvalue weighted by molar-refractivity contribution is 0.625. The summed E-state index contributed by atoms with van der Waals surface area (Å²) < 4.78 is 0. The van der Waals surface area contributed by atoms with E-state index in [-0.39, 0.29) is 0 Å². The predicted octanol–water partition coefficient (Wildman–Crippen LogP) is 3.68. The Morgan fingerprint density at radius 1 is 1.39 bits per heavy atom. The van der Waals surface area contributed by atoms with E-state index in [1.165, 1.54) is 17.7 Å². The molecule has 1 fully saturated rings. The summed E-state index contributed by atoms with van der Waals surface area (Å²) >= 11 is 6.36. The largest absolute Gasteiger partial charge is 0.369 e. The fraction of sp³-hybridized carbons (Fsp3) is 0.600. The van der Waals surface area contributed by atoms with Crippen molar-refractivity contribution in [2.75, 3.05) is 18.0 Å². The van der Waals surface area contributed by atoms with Gasteiger partial charge in [-0.15, -0.1) is 0 Å². The van der Waals surface area contributed by atoms with Gasteiger partial charge in [-0.1, -0.05) is 31.5 Å². The second-order valence-electron chi connectivity index (χ2n) is 5.40. The van der Waals surface area contributed by atoms with Crippen molar-refractivity contribution in [2.45, 2.75) is 39.8 Å². The number of halogens is 1. The first-order chi connectivity index (χ1) is 8.61. The Kier molecular flexibility index (Phi) is 4.52. The van der Waals surface area contributed by atoms with E-state index in [2.05, 4.69) is 49.2 Å². The molecule has 0 aliphatic carbocycles. The van der Waals surface area contributed by atoms with Crippen LogP contribution in [0.15, 0.2) is 18.2 Å². The zero-order chi connectivity index (χ0) is 13.1. The maximum Gasteiger partial charge on any atom is 0.0471 e. The highest BCUT2D eigenvalue weighted by atomic mass is 35.5. The first-order valence-corrected chi connectivity index (χ1v) is 7.25. The van der Waals surface area contributed by atoms with E-state index < -0.39 is 0 Å². The van der Waals surface area contributed by atoms with Crippen LogP contribution in [0, 0.1) is 5.92 Å². The molecule has 0 bridgehead atoms. The summed E-state index contributed by atoms with van der Waals surface area (Å²) in [7, 11) is 0. The monoisotopic (exact) mass is 266 g/mol. The fourth-order valence-corrected chi connectivity index (χ4v) is 3.02. The lowest BCUT2D eigenvalue weighted by atomic mass is 10.1. The van der Waals surface area contributed by atoms with Crippen molar-refractivity contribution >= 4 is 17.3 Å². The average Bonchev–Trinajstić information content (AvgIpc) is 2.67. The molecule has 3 heteroatoms. The molecular formula is C15H23ClN2. The minimum absolute atomic E-state index is 0.621. The van der Waals surface area contributed by atoms with Crippen molar-refractivity contribution in [3.8, 4) is 0 Å². The van der Waals surface area contributed by atoms with E-state index >= 15 is 0 Å². The third-order valence-corrected chi connectivity index (χ3v) is 4.07. The highest BCUT2D eigenvalue weighted by Gasteiger charge is 2.26. The molecule has 2 nitrogen and oxygen atoms in total. The molecule has 0 saturated carbocycles. The van der Waals surface area contributed by atoms with E-state index in [4.69, 9.17) is 11.6 Å². The van der Waals surface area contributed by atoms with Crippen molar-refractivity contribution in [1.82, 2.24) is 5.32 Å². The smallest absolute Gasteiger partial charge is 0.0471 e. The minimum atomic E-state index is 0.621. The number of nitrogens with zero attached hydrogens (tertiary/aromatic N) is 1. The van der Waals surface area contributed by atoms with Gasteiger partial charge in [-0.25, -0.2) is 0 Å². The Hall–Kier alpha value is -0.730. The summed E-state index contributed by atoms with van der Waals surface area (Å²) in [6.07, 6.45) is 1.27. The number of hydrogen-bond acceptors (Lipinski definition) is 2. The third kappa shape index (κ3) is 2.99. The summed E-state index contributed by atoms with van der Waals surface area (Å²) in [5, 5.41) is 4.19. The van der Waals surface area contributed by atoms with Gasteiger partial charge < -0.3 is 10.2 Å². The summed E-state index contributed by atoms with van der Waals surface area (Å²) in [4.78, 5) is 2.47. The summed E-state index contributed by atoms with van der Waals surface area (Å²) in [5.41, 5.74) is 2.44. The molecule has 1 aromatic carbocycles. The standard InChI is InChI=1S/C15H23ClN2/c1-4-17-9-13-5-6-14(8-15(13)16)18-10-11(2)7-12(18)3/h5-6,8,11-12,17H,4,7,9-10H2,1-3H3. The number of hydrogen-bond donors (Lipinski definition) is 1. The van der Waals surface area contributed by atoms with Crippen LogP contribution < -0.4 is 10.2 Å². The summed E-state index contributed by atoms with van der Waals surface area (Å²) in [6.45, 7) is 9.68. The maximum atomic E-state index is 6.36. The molecule has 1 heterocycles. The lowest BCUT2D eigenvalue weighted by Gasteiger charge is -2.24. The van der Waals surface area contributed by atoms with Gasteiger partial charge in [0.1, 0.15) is 0 Å². The van der Waals surface area contributed by atoms with Gasteiger partial charge in [0, 0.05) is 29.8 Å². The van der Waals surface area contributed by atoms with Gasteiger partial charge >= 0.3 is 0 Å². The van der Waals surface area contributed by atoms with Crippen molar-refractivity contribution in [3.05, 3.63) is 28.8 Å².